The first-order valence-corrected chi connectivity index (χ1v) is 7.84. The number of nitrogens with two attached hydrogens (primary N) is 1. The van der Waals surface area contributed by atoms with Gasteiger partial charge in [0.05, 0.1) is 13.2 Å². The van der Waals surface area contributed by atoms with Crippen LogP contribution in [0.25, 0.3) is 0 Å². The fourth-order valence-corrected chi connectivity index (χ4v) is 4.45. The maximum absolute atomic E-state index is 12.7. The van der Waals surface area contributed by atoms with Gasteiger partial charge in [0.1, 0.15) is 5.28 Å². The molecule has 18 heavy (non-hydrogen) atoms. The van der Waals surface area contributed by atoms with Crippen LogP contribution >= 0.6 is 7.60 Å². The van der Waals surface area contributed by atoms with E-state index in [1.165, 1.54) is 0 Å². The molecule has 0 aromatic heterocycles. The SMILES string of the molecule is CCOP(=O)(OCC)C1(N)CC1c1ccccc1. The highest BCUT2D eigenvalue weighted by Crippen LogP contribution is 2.73. The Morgan fingerprint density at radius 1 is 1.28 bits per heavy atom. The minimum absolute atomic E-state index is 0.0580. The molecule has 1 saturated carbocycles. The molecule has 1 fully saturated rings. The summed E-state index contributed by atoms with van der Waals surface area (Å²) in [5, 5.41) is -0.861. The van der Waals surface area contributed by atoms with Gasteiger partial charge in [0.15, 0.2) is 0 Å². The van der Waals surface area contributed by atoms with Gasteiger partial charge in [-0.2, -0.15) is 0 Å². The van der Waals surface area contributed by atoms with Crippen molar-refractivity contribution in [3.05, 3.63) is 35.9 Å². The molecular weight excluding hydrogens is 249 g/mol. The van der Waals surface area contributed by atoms with Crippen LogP contribution in [0.5, 0.6) is 0 Å². The highest BCUT2D eigenvalue weighted by molar-refractivity contribution is 7.56. The van der Waals surface area contributed by atoms with Crippen LogP contribution in [0, 0.1) is 0 Å². The van der Waals surface area contributed by atoms with Crippen LogP contribution in [-0.2, 0) is 13.6 Å². The van der Waals surface area contributed by atoms with E-state index in [-0.39, 0.29) is 5.92 Å². The van der Waals surface area contributed by atoms with Gasteiger partial charge in [0.25, 0.3) is 0 Å². The van der Waals surface area contributed by atoms with Crippen molar-refractivity contribution in [2.45, 2.75) is 31.5 Å². The van der Waals surface area contributed by atoms with Crippen LogP contribution in [0.2, 0.25) is 0 Å². The van der Waals surface area contributed by atoms with Crippen molar-refractivity contribution in [1.82, 2.24) is 0 Å². The topological polar surface area (TPSA) is 61.5 Å². The summed E-state index contributed by atoms with van der Waals surface area (Å²) in [6.45, 7) is 4.29. The normalized spacial score (nSPS) is 27.2. The maximum Gasteiger partial charge on any atom is 0.350 e. The van der Waals surface area contributed by atoms with E-state index >= 15 is 0 Å². The summed E-state index contributed by atoms with van der Waals surface area (Å²) in [6.07, 6.45) is 0.647. The van der Waals surface area contributed by atoms with Crippen molar-refractivity contribution in [2.24, 2.45) is 5.73 Å². The Bertz CT molecular complexity index is 441. The van der Waals surface area contributed by atoms with Crippen LogP contribution in [0.3, 0.4) is 0 Å². The average Bonchev–Trinajstić information content (AvgIpc) is 3.05. The molecule has 1 aromatic rings. The van der Waals surface area contributed by atoms with E-state index in [0.29, 0.717) is 19.6 Å². The predicted molar refractivity (Wildman–Crippen MR) is 71.6 cm³/mol. The lowest BCUT2D eigenvalue weighted by Gasteiger charge is -2.24. The Morgan fingerprint density at radius 3 is 2.33 bits per heavy atom. The zero-order valence-electron chi connectivity index (χ0n) is 10.8. The van der Waals surface area contributed by atoms with Crippen LogP contribution in [0.15, 0.2) is 30.3 Å². The van der Waals surface area contributed by atoms with Gasteiger partial charge in [-0.15, -0.1) is 0 Å². The molecule has 5 heteroatoms. The van der Waals surface area contributed by atoms with E-state index in [1.807, 2.05) is 30.3 Å². The number of benzene rings is 1. The van der Waals surface area contributed by atoms with Gasteiger partial charge in [-0.25, -0.2) is 0 Å². The standard InChI is InChI=1S/C13H20NO3P/c1-3-16-18(15,17-4-2)13(14)10-12(13)11-8-6-5-7-9-11/h5-9,12H,3-4,10,14H2,1-2H3. The third-order valence-electron chi connectivity index (χ3n) is 3.28. The fourth-order valence-electron chi connectivity index (χ4n) is 2.28. The summed E-state index contributed by atoms with van der Waals surface area (Å²) < 4.78 is 23.4. The molecule has 0 spiro atoms. The molecule has 1 aliphatic carbocycles. The molecule has 0 aliphatic heterocycles. The second-order valence-corrected chi connectivity index (χ2v) is 6.84. The third kappa shape index (κ3) is 2.26. The molecule has 0 bridgehead atoms. The largest absolute Gasteiger partial charge is 0.350 e. The predicted octanol–water partition coefficient (Wildman–Crippen LogP) is 3.10. The lowest BCUT2D eigenvalue weighted by atomic mass is 10.1. The molecule has 1 aliphatic rings. The van der Waals surface area contributed by atoms with Crippen molar-refractivity contribution in [3.63, 3.8) is 0 Å². The Labute approximate surface area is 108 Å². The van der Waals surface area contributed by atoms with E-state index in [1.54, 1.807) is 13.8 Å². The van der Waals surface area contributed by atoms with Crippen LogP contribution in [-0.4, -0.2) is 18.5 Å². The van der Waals surface area contributed by atoms with Gasteiger partial charge < -0.3 is 14.8 Å². The van der Waals surface area contributed by atoms with E-state index in [2.05, 4.69) is 0 Å². The van der Waals surface area contributed by atoms with E-state index in [9.17, 15) is 4.57 Å². The zero-order chi connectivity index (χ0) is 13.2. The fraction of sp³-hybridized carbons (Fsp3) is 0.538. The molecule has 1 aromatic carbocycles. The van der Waals surface area contributed by atoms with Gasteiger partial charge >= 0.3 is 7.60 Å². The first-order chi connectivity index (χ1) is 8.57. The molecule has 2 unspecified atom stereocenters. The minimum atomic E-state index is -3.24. The lowest BCUT2D eigenvalue weighted by Crippen LogP contribution is -2.27. The van der Waals surface area contributed by atoms with Gasteiger partial charge in [-0.1, -0.05) is 30.3 Å². The second-order valence-electron chi connectivity index (χ2n) is 4.49. The minimum Gasteiger partial charge on any atom is -0.315 e. The summed E-state index contributed by atoms with van der Waals surface area (Å²) in [5.74, 6) is 0.0580. The Balaban J connectivity index is 2.21. The van der Waals surface area contributed by atoms with Crippen molar-refractivity contribution in [1.29, 1.82) is 0 Å². The summed E-state index contributed by atoms with van der Waals surface area (Å²) in [5.41, 5.74) is 7.36. The quantitative estimate of drug-likeness (QED) is 0.806. The first-order valence-electron chi connectivity index (χ1n) is 6.30. The average molecular weight is 269 g/mol. The van der Waals surface area contributed by atoms with Crippen molar-refractivity contribution >= 4 is 7.60 Å². The summed E-state index contributed by atoms with van der Waals surface area (Å²) in [4.78, 5) is 0. The monoisotopic (exact) mass is 269 g/mol. The van der Waals surface area contributed by atoms with E-state index < -0.39 is 12.9 Å². The number of hydrogen-bond donors (Lipinski definition) is 1. The van der Waals surface area contributed by atoms with Gasteiger partial charge in [-0.05, 0) is 25.8 Å². The molecule has 100 valence electrons. The van der Waals surface area contributed by atoms with Gasteiger partial charge in [0.2, 0.25) is 0 Å². The lowest BCUT2D eigenvalue weighted by molar-refractivity contribution is 0.209. The molecule has 4 nitrogen and oxygen atoms in total. The summed E-state index contributed by atoms with van der Waals surface area (Å²) in [6, 6.07) is 9.87. The van der Waals surface area contributed by atoms with E-state index in [4.69, 9.17) is 14.8 Å². The molecular formula is C13H20NO3P. The summed E-state index contributed by atoms with van der Waals surface area (Å²) in [7, 11) is -3.24. The van der Waals surface area contributed by atoms with Gasteiger partial charge in [-0.3, -0.25) is 4.57 Å². The zero-order valence-corrected chi connectivity index (χ0v) is 11.7. The smallest absolute Gasteiger partial charge is 0.315 e. The maximum atomic E-state index is 12.7. The molecule has 0 heterocycles. The van der Waals surface area contributed by atoms with Crippen LogP contribution in [0.4, 0.5) is 0 Å². The number of hydrogen-bond acceptors (Lipinski definition) is 4. The Morgan fingerprint density at radius 2 is 1.83 bits per heavy atom. The van der Waals surface area contributed by atoms with Crippen molar-refractivity contribution in [3.8, 4) is 0 Å². The van der Waals surface area contributed by atoms with Crippen LogP contribution < -0.4 is 5.73 Å². The first kappa shape index (κ1) is 13.8. The molecule has 0 radical (unpaired) electrons. The van der Waals surface area contributed by atoms with Crippen molar-refractivity contribution < 1.29 is 13.6 Å². The highest BCUT2D eigenvalue weighted by atomic mass is 31.2. The van der Waals surface area contributed by atoms with E-state index in [0.717, 1.165) is 5.56 Å². The molecule has 2 rings (SSSR count). The molecule has 2 atom stereocenters. The van der Waals surface area contributed by atoms with Crippen molar-refractivity contribution in [2.75, 3.05) is 13.2 Å². The third-order valence-corrected chi connectivity index (χ3v) is 5.99. The number of rotatable bonds is 6. The highest BCUT2D eigenvalue weighted by Gasteiger charge is 2.65. The van der Waals surface area contributed by atoms with Crippen LogP contribution in [0.1, 0.15) is 31.7 Å². The molecule has 2 N–H and O–H groups in total. The van der Waals surface area contributed by atoms with Gasteiger partial charge in [0, 0.05) is 5.92 Å². The summed E-state index contributed by atoms with van der Waals surface area (Å²) >= 11 is 0. The molecule has 0 amide bonds. The Kier molecular flexibility index (Phi) is 3.93. The second kappa shape index (κ2) is 5.14. The Hall–Kier alpha value is -0.670. The molecule has 0 saturated heterocycles.